The van der Waals surface area contributed by atoms with Crippen molar-refractivity contribution in [3.8, 4) is 5.75 Å². The maximum atomic E-state index is 12.0. The van der Waals surface area contributed by atoms with E-state index in [0.717, 1.165) is 18.8 Å². The van der Waals surface area contributed by atoms with Crippen LogP contribution in [-0.2, 0) is 9.53 Å². The summed E-state index contributed by atoms with van der Waals surface area (Å²) in [7, 11) is 0. The molecule has 1 fully saturated rings. The van der Waals surface area contributed by atoms with Crippen LogP contribution in [-0.4, -0.2) is 49.7 Å². The first-order chi connectivity index (χ1) is 12.6. The zero-order chi connectivity index (χ0) is 18.4. The summed E-state index contributed by atoms with van der Waals surface area (Å²) in [4.78, 5) is 29.4. The van der Waals surface area contributed by atoms with E-state index in [1.807, 2.05) is 6.07 Å². The smallest absolute Gasteiger partial charge is 0.263 e. The number of pyridine rings is 1. The van der Waals surface area contributed by atoms with Crippen molar-refractivity contribution in [3.05, 3.63) is 48.2 Å². The summed E-state index contributed by atoms with van der Waals surface area (Å²) in [6.07, 6.45) is 1.73. The van der Waals surface area contributed by atoms with E-state index >= 15 is 0 Å². The highest BCUT2D eigenvalue weighted by Gasteiger charge is 2.12. The average Bonchev–Trinajstić information content (AvgIpc) is 2.68. The Hall–Kier alpha value is -3.13. The summed E-state index contributed by atoms with van der Waals surface area (Å²) >= 11 is 0. The fraction of sp³-hybridized carbons (Fsp3) is 0.278. The number of amides is 2. The van der Waals surface area contributed by atoms with Crippen LogP contribution in [0, 0.1) is 0 Å². The number of nitrogens with zero attached hydrogens (tertiary/aromatic N) is 2. The van der Waals surface area contributed by atoms with Crippen molar-refractivity contribution < 1.29 is 19.1 Å². The van der Waals surface area contributed by atoms with Gasteiger partial charge in [-0.2, -0.15) is 0 Å². The van der Waals surface area contributed by atoms with E-state index in [9.17, 15) is 9.59 Å². The zero-order valence-corrected chi connectivity index (χ0v) is 14.2. The molecular formula is C18H20N4O4. The van der Waals surface area contributed by atoms with Crippen LogP contribution in [0.25, 0.3) is 0 Å². The molecule has 0 radical (unpaired) electrons. The molecule has 8 nitrogen and oxygen atoms in total. The van der Waals surface area contributed by atoms with E-state index in [1.165, 1.54) is 0 Å². The van der Waals surface area contributed by atoms with Crippen molar-refractivity contribution in [1.82, 2.24) is 4.98 Å². The third-order valence-corrected chi connectivity index (χ3v) is 3.90. The molecule has 0 spiro atoms. The van der Waals surface area contributed by atoms with Crippen LogP contribution in [0.15, 0.2) is 42.6 Å². The molecule has 3 rings (SSSR count). The number of aromatic nitrogens is 1. The molecule has 8 heteroatoms. The Bertz CT molecular complexity index is 756. The molecule has 0 bridgehead atoms. The number of nitrogens with two attached hydrogens (primary N) is 1. The summed E-state index contributed by atoms with van der Waals surface area (Å²) in [5, 5.41) is 2.68. The Morgan fingerprint density at radius 1 is 1.15 bits per heavy atom. The number of hydrogen-bond donors (Lipinski definition) is 2. The predicted octanol–water partition coefficient (Wildman–Crippen LogP) is 1.03. The second-order valence-electron chi connectivity index (χ2n) is 5.73. The molecule has 2 aromatic rings. The van der Waals surface area contributed by atoms with Crippen LogP contribution in [0.5, 0.6) is 5.75 Å². The van der Waals surface area contributed by atoms with Crippen LogP contribution in [0.4, 0.5) is 11.5 Å². The van der Waals surface area contributed by atoms with Crippen molar-refractivity contribution in [3.63, 3.8) is 0 Å². The number of morpholine rings is 1. The maximum absolute atomic E-state index is 12.0. The fourth-order valence-electron chi connectivity index (χ4n) is 2.51. The molecule has 0 aliphatic carbocycles. The molecule has 26 heavy (non-hydrogen) atoms. The van der Waals surface area contributed by atoms with E-state index < -0.39 is 5.91 Å². The highest BCUT2D eigenvalue weighted by atomic mass is 16.5. The lowest BCUT2D eigenvalue weighted by Gasteiger charge is -2.28. The van der Waals surface area contributed by atoms with Crippen LogP contribution >= 0.6 is 0 Å². The van der Waals surface area contributed by atoms with Crippen LogP contribution in [0.1, 0.15) is 10.4 Å². The van der Waals surface area contributed by atoms with E-state index in [4.69, 9.17) is 15.2 Å². The molecule has 1 aromatic heterocycles. The van der Waals surface area contributed by atoms with Gasteiger partial charge in [0, 0.05) is 18.7 Å². The standard InChI is InChI=1S/C18H20N4O4/c19-18(24)13-1-4-15(5-2-13)26-12-17(23)21-16-6-3-14(11-20-16)22-7-9-25-10-8-22/h1-6,11H,7-10,12H2,(H2,19,24)(H,20,21,23). The second-order valence-corrected chi connectivity index (χ2v) is 5.73. The Morgan fingerprint density at radius 2 is 1.88 bits per heavy atom. The van der Waals surface area contributed by atoms with Gasteiger partial charge in [0.05, 0.1) is 25.1 Å². The van der Waals surface area contributed by atoms with Gasteiger partial charge in [0.25, 0.3) is 5.91 Å². The van der Waals surface area contributed by atoms with Crippen LogP contribution < -0.4 is 20.7 Å². The molecule has 136 valence electrons. The van der Waals surface area contributed by atoms with Crippen molar-refractivity contribution in [2.75, 3.05) is 43.1 Å². The molecule has 1 aromatic carbocycles. The van der Waals surface area contributed by atoms with Gasteiger partial charge in [-0.3, -0.25) is 9.59 Å². The molecule has 3 N–H and O–H groups in total. The number of carbonyl (C=O) groups is 2. The first-order valence-corrected chi connectivity index (χ1v) is 8.23. The molecule has 0 atom stereocenters. The van der Waals surface area contributed by atoms with Crippen molar-refractivity contribution >= 4 is 23.3 Å². The lowest BCUT2D eigenvalue weighted by molar-refractivity contribution is -0.118. The molecule has 1 aliphatic rings. The lowest BCUT2D eigenvalue weighted by atomic mass is 10.2. The van der Waals surface area contributed by atoms with Gasteiger partial charge in [-0.1, -0.05) is 0 Å². The predicted molar refractivity (Wildman–Crippen MR) is 96.4 cm³/mol. The van der Waals surface area contributed by atoms with E-state index in [0.29, 0.717) is 30.3 Å². The minimum Gasteiger partial charge on any atom is -0.484 e. The van der Waals surface area contributed by atoms with Gasteiger partial charge in [-0.25, -0.2) is 4.98 Å². The number of primary amides is 1. The summed E-state index contributed by atoms with van der Waals surface area (Å²) in [6, 6.07) is 9.93. The van der Waals surface area contributed by atoms with Gasteiger partial charge in [-0.05, 0) is 36.4 Å². The molecular weight excluding hydrogens is 336 g/mol. The van der Waals surface area contributed by atoms with Gasteiger partial charge >= 0.3 is 0 Å². The number of benzene rings is 1. The molecule has 0 saturated carbocycles. The highest BCUT2D eigenvalue weighted by Crippen LogP contribution is 2.16. The molecule has 2 amide bonds. The van der Waals surface area contributed by atoms with E-state index in [-0.39, 0.29) is 12.5 Å². The maximum Gasteiger partial charge on any atom is 0.263 e. The third kappa shape index (κ3) is 4.70. The number of carbonyl (C=O) groups excluding carboxylic acids is 2. The Labute approximate surface area is 150 Å². The summed E-state index contributed by atoms with van der Waals surface area (Å²) in [5.74, 6) is 0.0944. The van der Waals surface area contributed by atoms with Gasteiger partial charge < -0.3 is 25.4 Å². The average molecular weight is 356 g/mol. The monoisotopic (exact) mass is 356 g/mol. The summed E-state index contributed by atoms with van der Waals surface area (Å²) < 4.78 is 10.7. The third-order valence-electron chi connectivity index (χ3n) is 3.90. The molecule has 0 unspecified atom stereocenters. The Morgan fingerprint density at radius 3 is 2.50 bits per heavy atom. The first kappa shape index (κ1) is 17.7. The zero-order valence-electron chi connectivity index (χ0n) is 14.2. The van der Waals surface area contributed by atoms with Crippen LogP contribution in [0.3, 0.4) is 0 Å². The molecule has 1 saturated heterocycles. The number of rotatable bonds is 6. The normalized spacial score (nSPS) is 13.9. The molecule has 1 aliphatic heterocycles. The van der Waals surface area contributed by atoms with Crippen LogP contribution in [0.2, 0.25) is 0 Å². The number of ether oxygens (including phenoxy) is 2. The van der Waals surface area contributed by atoms with Crippen molar-refractivity contribution in [2.45, 2.75) is 0 Å². The summed E-state index contributed by atoms with van der Waals surface area (Å²) in [5.41, 5.74) is 6.55. The number of nitrogens with one attached hydrogen (secondary N) is 1. The Balaban J connectivity index is 1.49. The SMILES string of the molecule is NC(=O)c1ccc(OCC(=O)Nc2ccc(N3CCOCC3)cn2)cc1. The lowest BCUT2D eigenvalue weighted by Crippen LogP contribution is -2.36. The number of anilines is 2. The second kappa shape index (κ2) is 8.30. The Kier molecular flexibility index (Phi) is 5.65. The highest BCUT2D eigenvalue weighted by molar-refractivity contribution is 5.93. The first-order valence-electron chi connectivity index (χ1n) is 8.23. The van der Waals surface area contributed by atoms with Crippen molar-refractivity contribution in [1.29, 1.82) is 0 Å². The number of hydrogen-bond acceptors (Lipinski definition) is 6. The summed E-state index contributed by atoms with van der Waals surface area (Å²) in [6.45, 7) is 2.90. The van der Waals surface area contributed by atoms with Gasteiger partial charge in [0.15, 0.2) is 6.61 Å². The van der Waals surface area contributed by atoms with E-state index in [1.54, 1.807) is 36.5 Å². The fourth-order valence-corrected chi connectivity index (χ4v) is 2.51. The van der Waals surface area contributed by atoms with E-state index in [2.05, 4.69) is 15.2 Å². The van der Waals surface area contributed by atoms with Gasteiger partial charge in [0.2, 0.25) is 5.91 Å². The van der Waals surface area contributed by atoms with Gasteiger partial charge in [0.1, 0.15) is 11.6 Å². The molecule has 2 heterocycles. The topological polar surface area (TPSA) is 107 Å². The minimum atomic E-state index is -0.513. The minimum absolute atomic E-state index is 0.164. The van der Waals surface area contributed by atoms with Gasteiger partial charge in [-0.15, -0.1) is 0 Å². The quantitative estimate of drug-likeness (QED) is 0.801. The largest absolute Gasteiger partial charge is 0.484 e. The van der Waals surface area contributed by atoms with Crippen molar-refractivity contribution in [2.24, 2.45) is 5.73 Å².